The van der Waals surface area contributed by atoms with Crippen molar-refractivity contribution in [2.45, 2.75) is 37.7 Å². The molecule has 1 saturated carbocycles. The van der Waals surface area contributed by atoms with Gasteiger partial charge < -0.3 is 10.0 Å². The summed E-state index contributed by atoms with van der Waals surface area (Å²) in [6.45, 7) is 5.37. The average Bonchev–Trinajstić information content (AvgIpc) is 2.46. The van der Waals surface area contributed by atoms with Gasteiger partial charge in [0, 0.05) is 32.7 Å². The van der Waals surface area contributed by atoms with E-state index in [0.29, 0.717) is 19.6 Å². The number of hydrogen-bond acceptors (Lipinski definition) is 3. The zero-order valence-electron chi connectivity index (χ0n) is 13.7. The third-order valence-electron chi connectivity index (χ3n) is 5.18. The lowest BCUT2D eigenvalue weighted by atomic mass is 9.63. The molecule has 1 N–H and O–H groups in total. The lowest BCUT2D eigenvalue weighted by Gasteiger charge is -2.46. The maximum Gasteiger partial charge on any atom is 0.233 e. The molecule has 2 fully saturated rings. The molecule has 0 aromatic heterocycles. The number of aliphatic hydroxyl groups is 1. The standard InChI is InChI=1S/C18H25FN2O2/c1-14(22)13-20-8-10-21(11-9-20)17(23)18(6-3-7-18)15-4-2-5-16(19)12-15/h2,4-5,12,14,22H,3,6-11,13H2,1H3/t14-/m0/s1. The molecular formula is C18H25FN2O2. The van der Waals surface area contributed by atoms with E-state index >= 15 is 0 Å². The quantitative estimate of drug-likeness (QED) is 0.919. The van der Waals surface area contributed by atoms with E-state index in [1.807, 2.05) is 11.0 Å². The molecule has 1 saturated heterocycles. The molecule has 0 spiro atoms. The molecule has 1 aromatic carbocycles. The van der Waals surface area contributed by atoms with Crippen LogP contribution in [0.1, 0.15) is 31.7 Å². The largest absolute Gasteiger partial charge is 0.392 e. The molecule has 0 unspecified atom stereocenters. The zero-order valence-corrected chi connectivity index (χ0v) is 13.7. The van der Waals surface area contributed by atoms with Crippen LogP contribution in [0.5, 0.6) is 0 Å². The fourth-order valence-corrected chi connectivity index (χ4v) is 3.75. The smallest absolute Gasteiger partial charge is 0.233 e. The minimum atomic E-state index is -0.519. The van der Waals surface area contributed by atoms with Crippen LogP contribution in [-0.4, -0.2) is 59.6 Å². The number of aliphatic hydroxyl groups excluding tert-OH is 1. The summed E-state index contributed by atoms with van der Waals surface area (Å²) >= 11 is 0. The van der Waals surface area contributed by atoms with Crippen molar-refractivity contribution in [3.8, 4) is 0 Å². The van der Waals surface area contributed by atoms with Gasteiger partial charge >= 0.3 is 0 Å². The Morgan fingerprint density at radius 2 is 2.00 bits per heavy atom. The van der Waals surface area contributed by atoms with Gasteiger partial charge in [0.05, 0.1) is 11.5 Å². The summed E-state index contributed by atoms with van der Waals surface area (Å²) in [6, 6.07) is 6.51. The second kappa shape index (κ2) is 6.57. The van der Waals surface area contributed by atoms with E-state index in [9.17, 15) is 14.3 Å². The van der Waals surface area contributed by atoms with Crippen molar-refractivity contribution in [2.24, 2.45) is 0 Å². The van der Waals surface area contributed by atoms with E-state index in [0.717, 1.165) is 37.9 Å². The lowest BCUT2D eigenvalue weighted by molar-refractivity contribution is -0.142. The van der Waals surface area contributed by atoms with Gasteiger partial charge in [-0.05, 0) is 37.5 Å². The van der Waals surface area contributed by atoms with Crippen molar-refractivity contribution in [3.05, 3.63) is 35.6 Å². The Morgan fingerprint density at radius 3 is 2.52 bits per heavy atom. The van der Waals surface area contributed by atoms with Crippen LogP contribution < -0.4 is 0 Å². The number of carbonyl (C=O) groups excluding carboxylic acids is 1. The zero-order chi connectivity index (χ0) is 16.4. The number of β-amino-alcohol motifs (C(OH)–C–C–N with tert-alkyl or cyclic N) is 1. The molecule has 0 radical (unpaired) electrons. The van der Waals surface area contributed by atoms with E-state index in [-0.39, 0.29) is 17.8 Å². The summed E-state index contributed by atoms with van der Waals surface area (Å²) in [5.74, 6) is -0.130. The Kier molecular flexibility index (Phi) is 4.69. The summed E-state index contributed by atoms with van der Waals surface area (Å²) in [6.07, 6.45) is 2.29. The number of carbonyl (C=O) groups is 1. The Bertz CT molecular complexity index is 564. The Labute approximate surface area is 136 Å². The van der Waals surface area contributed by atoms with E-state index in [1.165, 1.54) is 12.1 Å². The maximum absolute atomic E-state index is 13.6. The fraction of sp³-hybridized carbons (Fsp3) is 0.611. The normalized spacial score (nSPS) is 22.5. The molecule has 4 nitrogen and oxygen atoms in total. The summed E-state index contributed by atoms with van der Waals surface area (Å²) in [4.78, 5) is 17.2. The minimum absolute atomic E-state index is 0.144. The molecule has 1 aliphatic carbocycles. The van der Waals surface area contributed by atoms with Gasteiger partial charge in [-0.15, -0.1) is 0 Å². The number of hydrogen-bond donors (Lipinski definition) is 1. The van der Waals surface area contributed by atoms with E-state index < -0.39 is 5.41 Å². The van der Waals surface area contributed by atoms with Gasteiger partial charge in [-0.1, -0.05) is 18.6 Å². The monoisotopic (exact) mass is 320 g/mol. The molecule has 2 aliphatic rings. The molecule has 1 aliphatic heterocycles. The van der Waals surface area contributed by atoms with E-state index in [4.69, 9.17) is 0 Å². The molecule has 1 heterocycles. The van der Waals surface area contributed by atoms with Crippen molar-refractivity contribution >= 4 is 5.91 Å². The first-order chi connectivity index (χ1) is 11.0. The van der Waals surface area contributed by atoms with Crippen LogP contribution in [-0.2, 0) is 10.2 Å². The first-order valence-electron chi connectivity index (χ1n) is 8.47. The first kappa shape index (κ1) is 16.4. The van der Waals surface area contributed by atoms with Crippen molar-refractivity contribution in [3.63, 3.8) is 0 Å². The molecule has 3 rings (SSSR count). The highest BCUT2D eigenvalue weighted by Crippen LogP contribution is 2.45. The minimum Gasteiger partial charge on any atom is -0.392 e. The van der Waals surface area contributed by atoms with Crippen LogP contribution in [0.3, 0.4) is 0 Å². The Morgan fingerprint density at radius 1 is 1.30 bits per heavy atom. The Hall–Kier alpha value is -1.46. The predicted molar refractivity (Wildman–Crippen MR) is 86.6 cm³/mol. The number of piperazine rings is 1. The molecule has 1 atom stereocenters. The number of nitrogens with zero attached hydrogens (tertiary/aromatic N) is 2. The lowest BCUT2D eigenvalue weighted by Crippen LogP contribution is -2.57. The molecule has 1 amide bonds. The summed E-state index contributed by atoms with van der Waals surface area (Å²) in [7, 11) is 0. The number of benzene rings is 1. The molecule has 23 heavy (non-hydrogen) atoms. The SMILES string of the molecule is C[C@H](O)CN1CCN(C(=O)C2(c3cccc(F)c3)CCC2)CC1. The third-order valence-corrected chi connectivity index (χ3v) is 5.18. The molecular weight excluding hydrogens is 295 g/mol. The van der Waals surface area contributed by atoms with Crippen LogP contribution in [0.25, 0.3) is 0 Å². The van der Waals surface area contributed by atoms with Gasteiger partial charge in [-0.2, -0.15) is 0 Å². The Balaban J connectivity index is 1.70. The van der Waals surface area contributed by atoms with Crippen LogP contribution in [0.4, 0.5) is 4.39 Å². The molecule has 126 valence electrons. The number of halogens is 1. The predicted octanol–water partition coefficient (Wildman–Crippen LogP) is 1.77. The number of amides is 1. The fourth-order valence-electron chi connectivity index (χ4n) is 3.75. The highest BCUT2D eigenvalue weighted by Gasteiger charge is 2.48. The topological polar surface area (TPSA) is 43.8 Å². The second-order valence-electron chi connectivity index (χ2n) is 6.89. The van der Waals surface area contributed by atoms with Gasteiger partial charge in [-0.25, -0.2) is 4.39 Å². The highest BCUT2D eigenvalue weighted by atomic mass is 19.1. The van der Waals surface area contributed by atoms with Crippen molar-refractivity contribution in [1.29, 1.82) is 0 Å². The second-order valence-corrected chi connectivity index (χ2v) is 6.89. The van der Waals surface area contributed by atoms with E-state index in [2.05, 4.69) is 4.90 Å². The maximum atomic E-state index is 13.6. The van der Waals surface area contributed by atoms with Gasteiger partial charge in [-0.3, -0.25) is 9.69 Å². The van der Waals surface area contributed by atoms with Crippen LogP contribution in [0, 0.1) is 5.82 Å². The van der Waals surface area contributed by atoms with Crippen LogP contribution in [0.2, 0.25) is 0 Å². The van der Waals surface area contributed by atoms with Crippen LogP contribution in [0.15, 0.2) is 24.3 Å². The molecule has 1 aromatic rings. The van der Waals surface area contributed by atoms with E-state index in [1.54, 1.807) is 13.0 Å². The average molecular weight is 320 g/mol. The summed E-state index contributed by atoms with van der Waals surface area (Å²) < 4.78 is 13.6. The van der Waals surface area contributed by atoms with Crippen molar-refractivity contribution in [1.82, 2.24) is 9.80 Å². The van der Waals surface area contributed by atoms with Crippen molar-refractivity contribution in [2.75, 3.05) is 32.7 Å². The first-order valence-corrected chi connectivity index (χ1v) is 8.47. The molecule has 5 heteroatoms. The summed E-state index contributed by atoms with van der Waals surface area (Å²) in [5, 5.41) is 9.47. The van der Waals surface area contributed by atoms with Crippen molar-refractivity contribution < 1.29 is 14.3 Å². The van der Waals surface area contributed by atoms with Gasteiger partial charge in [0.1, 0.15) is 5.82 Å². The van der Waals surface area contributed by atoms with Gasteiger partial charge in [0.2, 0.25) is 5.91 Å². The highest BCUT2D eigenvalue weighted by molar-refractivity contribution is 5.89. The molecule has 0 bridgehead atoms. The summed E-state index contributed by atoms with van der Waals surface area (Å²) in [5.41, 5.74) is 0.300. The van der Waals surface area contributed by atoms with Gasteiger partial charge in [0.25, 0.3) is 0 Å². The van der Waals surface area contributed by atoms with Crippen LogP contribution >= 0.6 is 0 Å². The number of rotatable bonds is 4. The third kappa shape index (κ3) is 3.26. The van der Waals surface area contributed by atoms with Gasteiger partial charge in [0.15, 0.2) is 0 Å².